The number of benzene rings is 1. The maximum atomic E-state index is 14.9. The number of carbonyl (C=O) groups excluding carboxylic acids is 1. The molecule has 2 fully saturated rings. The number of anilines is 1. The number of pyridine rings is 1. The normalized spacial score (nSPS) is 19.2. The van der Waals surface area contributed by atoms with Crippen molar-refractivity contribution in [2.75, 3.05) is 37.6 Å². The molecule has 0 unspecified atom stereocenters. The van der Waals surface area contributed by atoms with E-state index in [9.17, 15) is 13.6 Å². The van der Waals surface area contributed by atoms with E-state index < -0.39 is 17.2 Å². The summed E-state index contributed by atoms with van der Waals surface area (Å²) in [5.41, 5.74) is 3.67. The number of aromatic nitrogens is 1. The summed E-state index contributed by atoms with van der Waals surface area (Å²) in [7, 11) is 0. The fourth-order valence-corrected chi connectivity index (χ4v) is 5.55. The molecule has 2 aromatic rings. The van der Waals surface area contributed by atoms with Crippen molar-refractivity contribution in [3.63, 3.8) is 0 Å². The molecule has 34 heavy (non-hydrogen) atoms. The van der Waals surface area contributed by atoms with Crippen LogP contribution in [0.25, 0.3) is 11.1 Å². The predicted molar refractivity (Wildman–Crippen MR) is 127 cm³/mol. The molecular weight excluding hydrogens is 438 g/mol. The molecule has 8 heteroatoms. The third kappa shape index (κ3) is 4.13. The van der Waals surface area contributed by atoms with Gasteiger partial charge in [0.15, 0.2) is 0 Å². The van der Waals surface area contributed by atoms with Crippen LogP contribution in [0.2, 0.25) is 0 Å². The van der Waals surface area contributed by atoms with Gasteiger partial charge in [0.2, 0.25) is 0 Å². The van der Waals surface area contributed by atoms with Crippen LogP contribution in [0.15, 0.2) is 18.2 Å². The molecule has 3 aliphatic rings. The second-order valence-electron chi connectivity index (χ2n) is 10.9. The minimum atomic E-state index is -0.579. The molecule has 4 heterocycles. The quantitative estimate of drug-likeness (QED) is 0.704. The topological polar surface area (TPSA) is 57.7 Å². The van der Waals surface area contributed by atoms with Gasteiger partial charge in [-0.1, -0.05) is 0 Å². The first-order valence-electron chi connectivity index (χ1n) is 12.0. The van der Waals surface area contributed by atoms with Crippen LogP contribution in [0.5, 0.6) is 0 Å². The Morgan fingerprint density at radius 3 is 2.68 bits per heavy atom. The summed E-state index contributed by atoms with van der Waals surface area (Å²) < 4.78 is 34.0. The SMILES string of the molecule is Cc1c(N2CCC3(CN(C(=O)OC(C)(C)C)C3)C2)nc2c(c1-c1ccc(F)cc1F)CCNC2. The lowest BCUT2D eigenvalue weighted by atomic mass is 9.79. The van der Waals surface area contributed by atoms with E-state index in [1.54, 1.807) is 4.90 Å². The standard InChI is InChI=1S/C26H32F2N4O2/c1-16-22(18-6-5-17(27)11-20(18)28)19-7-9-29-12-21(19)30-23(16)31-10-8-26(13-31)14-32(15-26)24(33)34-25(2,3)4/h5-6,11,29H,7-10,12-15H2,1-4H3. The van der Waals surface area contributed by atoms with Crippen LogP contribution in [0, 0.1) is 24.0 Å². The fraction of sp³-hybridized carbons (Fsp3) is 0.538. The van der Waals surface area contributed by atoms with Gasteiger partial charge in [-0.2, -0.15) is 0 Å². The highest BCUT2D eigenvalue weighted by Gasteiger charge is 2.50. The summed E-state index contributed by atoms with van der Waals surface area (Å²) in [5.74, 6) is -0.274. The lowest BCUT2D eigenvalue weighted by Crippen LogP contribution is -2.60. The Morgan fingerprint density at radius 2 is 1.97 bits per heavy atom. The minimum Gasteiger partial charge on any atom is -0.444 e. The van der Waals surface area contributed by atoms with Crippen molar-refractivity contribution in [1.29, 1.82) is 0 Å². The maximum Gasteiger partial charge on any atom is 0.410 e. The molecular formula is C26H32F2N4O2. The molecule has 1 amide bonds. The second-order valence-corrected chi connectivity index (χ2v) is 10.9. The van der Waals surface area contributed by atoms with E-state index in [4.69, 9.17) is 9.72 Å². The molecule has 1 aromatic carbocycles. The van der Waals surface area contributed by atoms with Gasteiger partial charge in [-0.05, 0) is 75.9 Å². The van der Waals surface area contributed by atoms with Crippen LogP contribution < -0.4 is 10.2 Å². The van der Waals surface area contributed by atoms with Crippen molar-refractivity contribution in [2.24, 2.45) is 5.41 Å². The number of halogens is 2. The third-order valence-corrected chi connectivity index (χ3v) is 7.09. The molecule has 0 saturated carbocycles. The van der Waals surface area contributed by atoms with Gasteiger partial charge >= 0.3 is 6.09 Å². The lowest BCUT2D eigenvalue weighted by Gasteiger charge is -2.47. The number of rotatable bonds is 2. The molecule has 3 aliphatic heterocycles. The molecule has 0 aliphatic carbocycles. The second kappa shape index (κ2) is 8.18. The van der Waals surface area contributed by atoms with Crippen LogP contribution in [0.3, 0.4) is 0 Å². The Bertz CT molecular complexity index is 1140. The number of ether oxygens (including phenoxy) is 1. The molecule has 1 N–H and O–H groups in total. The minimum absolute atomic E-state index is 0.0282. The highest BCUT2D eigenvalue weighted by Crippen LogP contribution is 2.44. The van der Waals surface area contributed by atoms with E-state index in [1.165, 1.54) is 12.1 Å². The lowest BCUT2D eigenvalue weighted by molar-refractivity contribution is -0.0266. The van der Waals surface area contributed by atoms with Gasteiger partial charge in [-0.25, -0.2) is 18.6 Å². The molecule has 0 bridgehead atoms. The monoisotopic (exact) mass is 470 g/mol. The summed E-state index contributed by atoms with van der Waals surface area (Å²) in [5, 5.41) is 3.36. The molecule has 0 atom stereocenters. The highest BCUT2D eigenvalue weighted by atomic mass is 19.1. The molecule has 1 spiro atoms. The highest BCUT2D eigenvalue weighted by molar-refractivity contribution is 5.77. The van der Waals surface area contributed by atoms with E-state index in [1.807, 2.05) is 27.7 Å². The van der Waals surface area contributed by atoms with Gasteiger partial charge in [0.25, 0.3) is 0 Å². The number of likely N-dealkylation sites (tertiary alicyclic amines) is 1. The number of nitrogens with zero attached hydrogens (tertiary/aromatic N) is 3. The van der Waals surface area contributed by atoms with E-state index in [2.05, 4.69) is 10.2 Å². The Morgan fingerprint density at radius 1 is 1.21 bits per heavy atom. The number of carbonyl (C=O) groups is 1. The van der Waals surface area contributed by atoms with E-state index in [0.29, 0.717) is 25.2 Å². The smallest absolute Gasteiger partial charge is 0.410 e. The summed E-state index contributed by atoms with van der Waals surface area (Å²) in [6, 6.07) is 3.80. The zero-order chi connectivity index (χ0) is 24.3. The molecule has 1 aromatic heterocycles. The van der Waals surface area contributed by atoms with Crippen LogP contribution in [-0.2, 0) is 17.7 Å². The van der Waals surface area contributed by atoms with Gasteiger partial charge in [0.1, 0.15) is 23.1 Å². The summed E-state index contributed by atoms with van der Waals surface area (Å²) in [6.07, 6.45) is 1.45. The van der Waals surface area contributed by atoms with E-state index in [0.717, 1.165) is 66.7 Å². The molecule has 182 valence electrons. The summed E-state index contributed by atoms with van der Waals surface area (Å²) >= 11 is 0. The Balaban J connectivity index is 1.43. The van der Waals surface area contributed by atoms with Crippen molar-refractivity contribution in [3.8, 4) is 11.1 Å². The largest absolute Gasteiger partial charge is 0.444 e. The maximum absolute atomic E-state index is 14.9. The Labute approximate surface area is 199 Å². The van der Waals surface area contributed by atoms with Crippen LogP contribution in [-0.4, -0.2) is 54.3 Å². The van der Waals surface area contributed by atoms with Crippen LogP contribution in [0.4, 0.5) is 19.4 Å². The van der Waals surface area contributed by atoms with Gasteiger partial charge in [0.05, 0.1) is 5.69 Å². The number of hydrogen-bond acceptors (Lipinski definition) is 5. The zero-order valence-electron chi connectivity index (χ0n) is 20.3. The number of nitrogens with one attached hydrogen (secondary N) is 1. The van der Waals surface area contributed by atoms with E-state index in [-0.39, 0.29) is 11.5 Å². The molecule has 0 radical (unpaired) electrons. The average molecular weight is 471 g/mol. The van der Waals surface area contributed by atoms with Gasteiger partial charge in [0, 0.05) is 49.8 Å². The van der Waals surface area contributed by atoms with Crippen molar-refractivity contribution in [1.82, 2.24) is 15.2 Å². The zero-order valence-corrected chi connectivity index (χ0v) is 20.3. The van der Waals surface area contributed by atoms with Crippen molar-refractivity contribution in [3.05, 3.63) is 46.7 Å². The Hall–Kier alpha value is -2.74. The van der Waals surface area contributed by atoms with Crippen molar-refractivity contribution in [2.45, 2.75) is 52.7 Å². The predicted octanol–water partition coefficient (Wildman–Crippen LogP) is 4.43. The van der Waals surface area contributed by atoms with Gasteiger partial charge in [-0.3, -0.25) is 0 Å². The number of amides is 1. The van der Waals surface area contributed by atoms with Crippen LogP contribution >= 0.6 is 0 Å². The summed E-state index contributed by atoms with van der Waals surface area (Å²) in [4.78, 5) is 21.5. The molecule has 5 rings (SSSR count). The first-order valence-corrected chi connectivity index (χ1v) is 12.0. The van der Waals surface area contributed by atoms with Crippen molar-refractivity contribution < 1.29 is 18.3 Å². The van der Waals surface area contributed by atoms with E-state index >= 15 is 0 Å². The van der Waals surface area contributed by atoms with Gasteiger partial charge in [-0.15, -0.1) is 0 Å². The molecule has 6 nitrogen and oxygen atoms in total. The van der Waals surface area contributed by atoms with Gasteiger partial charge < -0.3 is 19.9 Å². The number of fused-ring (bicyclic) bond motifs is 1. The first kappa shape index (κ1) is 23.0. The Kier molecular flexibility index (Phi) is 5.54. The van der Waals surface area contributed by atoms with Crippen LogP contribution in [0.1, 0.15) is 44.0 Å². The molecule has 2 saturated heterocycles. The fourth-order valence-electron chi connectivity index (χ4n) is 5.55. The van der Waals surface area contributed by atoms with Crippen molar-refractivity contribution >= 4 is 11.9 Å². The summed E-state index contributed by atoms with van der Waals surface area (Å²) in [6.45, 7) is 12.0. The number of hydrogen-bond donors (Lipinski definition) is 1. The first-order chi connectivity index (χ1) is 16.1. The third-order valence-electron chi connectivity index (χ3n) is 7.09. The average Bonchev–Trinajstić information content (AvgIpc) is 3.17.